The number of sulfone groups is 1. The highest BCUT2D eigenvalue weighted by Gasteiger charge is 2.25. The number of anilines is 1. The molecule has 5 nitrogen and oxygen atoms in total. The van der Waals surface area contributed by atoms with Gasteiger partial charge in [-0.2, -0.15) is 10.5 Å². The van der Waals surface area contributed by atoms with Gasteiger partial charge in [-0.15, -0.1) is 0 Å². The van der Waals surface area contributed by atoms with E-state index in [2.05, 4.69) is 30.9 Å². The molecule has 0 aliphatic carbocycles. The van der Waals surface area contributed by atoms with E-state index < -0.39 is 9.84 Å². The smallest absolute Gasteiger partial charge is 0.175 e. The first-order valence-corrected chi connectivity index (χ1v) is 12.2. The van der Waals surface area contributed by atoms with Gasteiger partial charge in [0, 0.05) is 24.9 Å². The minimum Gasteiger partial charge on any atom is -0.370 e. The lowest BCUT2D eigenvalue weighted by Crippen LogP contribution is -2.25. The Morgan fingerprint density at radius 2 is 1.47 bits per heavy atom. The average molecular weight is 424 g/mol. The lowest BCUT2D eigenvalue weighted by Gasteiger charge is -2.28. The second-order valence-electron chi connectivity index (χ2n) is 7.32. The molecule has 0 radical (unpaired) electrons. The van der Waals surface area contributed by atoms with Crippen molar-refractivity contribution in [1.29, 1.82) is 10.5 Å². The minimum absolute atomic E-state index is 0.204. The van der Waals surface area contributed by atoms with E-state index in [0.717, 1.165) is 29.5 Å². The molecule has 158 valence electrons. The van der Waals surface area contributed by atoms with E-state index in [9.17, 15) is 18.9 Å². The number of nitriles is 2. The lowest BCUT2D eigenvalue weighted by atomic mass is 9.84. The van der Waals surface area contributed by atoms with Gasteiger partial charge in [0.05, 0.1) is 21.7 Å². The molecular formula is C24H29N3O2S. The minimum atomic E-state index is -3.30. The fraction of sp³-hybridized carbons (Fsp3) is 0.417. The molecule has 2 rings (SSSR count). The molecule has 0 bridgehead atoms. The van der Waals surface area contributed by atoms with Crippen LogP contribution in [0.5, 0.6) is 0 Å². The summed E-state index contributed by atoms with van der Waals surface area (Å²) in [7, 11) is -3.30. The summed E-state index contributed by atoms with van der Waals surface area (Å²) in [6, 6.07) is 13.3. The van der Waals surface area contributed by atoms with E-state index in [1.165, 1.54) is 6.26 Å². The van der Waals surface area contributed by atoms with Gasteiger partial charge in [0.2, 0.25) is 0 Å². The van der Waals surface area contributed by atoms with Crippen molar-refractivity contribution < 1.29 is 8.42 Å². The van der Waals surface area contributed by atoms with Gasteiger partial charge < -0.3 is 4.90 Å². The van der Waals surface area contributed by atoms with Gasteiger partial charge in [-0.05, 0) is 61.9 Å². The Bertz CT molecular complexity index is 1080. The third-order valence-electron chi connectivity index (χ3n) is 5.65. The Labute approximate surface area is 180 Å². The topological polar surface area (TPSA) is 85.0 Å². The molecule has 2 aromatic carbocycles. The van der Waals surface area contributed by atoms with Crippen LogP contribution in [0.2, 0.25) is 0 Å². The van der Waals surface area contributed by atoms with Crippen molar-refractivity contribution in [3.8, 4) is 23.3 Å². The maximum absolute atomic E-state index is 11.8. The van der Waals surface area contributed by atoms with Crippen molar-refractivity contribution in [2.75, 3.05) is 24.2 Å². The normalized spacial score (nSPS) is 11.2. The summed E-state index contributed by atoms with van der Waals surface area (Å²) >= 11 is 0. The SMILES string of the molecule is CCC(CC)c1cc(-c2ccc(S(C)(=O)=O)cc2)c(C#N)c(N(CC)CC)c1C#N. The van der Waals surface area contributed by atoms with Gasteiger partial charge in [0.15, 0.2) is 9.84 Å². The van der Waals surface area contributed by atoms with Crippen LogP contribution in [-0.4, -0.2) is 27.8 Å². The Kier molecular flexibility index (Phi) is 7.65. The molecule has 0 unspecified atom stereocenters. The molecule has 0 amide bonds. The van der Waals surface area contributed by atoms with Crippen molar-refractivity contribution >= 4 is 15.5 Å². The summed E-state index contributed by atoms with van der Waals surface area (Å²) in [4.78, 5) is 2.29. The predicted molar refractivity (Wildman–Crippen MR) is 121 cm³/mol. The van der Waals surface area contributed by atoms with Crippen molar-refractivity contribution in [3.63, 3.8) is 0 Å². The van der Waals surface area contributed by atoms with Crippen molar-refractivity contribution in [3.05, 3.63) is 47.0 Å². The first kappa shape index (κ1) is 23.4. The Morgan fingerprint density at radius 3 is 1.87 bits per heavy atom. The predicted octanol–water partition coefficient (Wildman–Crippen LogP) is 5.25. The summed E-state index contributed by atoms with van der Waals surface area (Å²) in [5.74, 6) is 0.204. The second-order valence-corrected chi connectivity index (χ2v) is 9.33. The molecule has 0 heterocycles. The van der Waals surface area contributed by atoms with Gasteiger partial charge >= 0.3 is 0 Å². The van der Waals surface area contributed by atoms with Crippen molar-refractivity contribution in [2.24, 2.45) is 0 Å². The first-order chi connectivity index (χ1) is 14.3. The fourth-order valence-corrected chi connectivity index (χ4v) is 4.57. The zero-order valence-corrected chi connectivity index (χ0v) is 19.2. The van der Waals surface area contributed by atoms with E-state index in [0.29, 0.717) is 29.9 Å². The summed E-state index contributed by atoms with van der Waals surface area (Å²) in [5, 5.41) is 20.1. The standard InChI is InChI=1S/C24H29N3O2S/c1-6-17(7-2)20-14-21(18-10-12-19(13-11-18)30(5,28)29)23(16-26)24(22(20)15-25)27(8-3)9-4/h10-14,17H,6-9H2,1-5H3. The van der Waals surface area contributed by atoms with Crippen LogP contribution in [0.15, 0.2) is 35.2 Å². The van der Waals surface area contributed by atoms with E-state index in [4.69, 9.17) is 0 Å². The van der Waals surface area contributed by atoms with E-state index in [1.807, 2.05) is 19.9 Å². The average Bonchev–Trinajstić information content (AvgIpc) is 2.74. The maximum atomic E-state index is 11.8. The van der Waals surface area contributed by atoms with Crippen LogP contribution in [0.1, 0.15) is 63.1 Å². The van der Waals surface area contributed by atoms with Crippen molar-refractivity contribution in [2.45, 2.75) is 51.3 Å². The molecule has 2 aromatic rings. The Balaban J connectivity index is 2.92. The highest BCUT2D eigenvalue weighted by molar-refractivity contribution is 7.90. The molecular weight excluding hydrogens is 394 g/mol. The van der Waals surface area contributed by atoms with E-state index in [-0.39, 0.29) is 10.8 Å². The van der Waals surface area contributed by atoms with Gasteiger partial charge in [-0.25, -0.2) is 8.42 Å². The molecule has 0 spiro atoms. The molecule has 0 saturated carbocycles. The van der Waals surface area contributed by atoms with Gasteiger partial charge in [0.25, 0.3) is 0 Å². The largest absolute Gasteiger partial charge is 0.370 e. The summed E-state index contributed by atoms with van der Waals surface area (Å²) in [5.41, 5.74) is 4.16. The molecule has 0 atom stereocenters. The quantitative estimate of drug-likeness (QED) is 0.579. The summed E-state index contributed by atoms with van der Waals surface area (Å²) in [6.45, 7) is 9.58. The second kappa shape index (κ2) is 9.78. The maximum Gasteiger partial charge on any atom is 0.175 e. The van der Waals surface area contributed by atoms with E-state index in [1.54, 1.807) is 24.3 Å². The lowest BCUT2D eigenvalue weighted by molar-refractivity contribution is 0.602. The molecule has 0 saturated heterocycles. The summed E-state index contributed by atoms with van der Waals surface area (Å²) < 4.78 is 23.7. The molecule has 0 aliphatic rings. The number of rotatable bonds is 8. The number of hydrogen-bond donors (Lipinski definition) is 0. The highest BCUT2D eigenvalue weighted by atomic mass is 32.2. The Hall–Kier alpha value is -2.83. The summed E-state index contributed by atoms with van der Waals surface area (Å²) in [6.07, 6.45) is 2.95. The highest BCUT2D eigenvalue weighted by Crippen LogP contribution is 2.40. The molecule has 6 heteroatoms. The molecule has 0 aromatic heterocycles. The van der Waals surface area contributed by atoms with Crippen LogP contribution < -0.4 is 4.90 Å². The third kappa shape index (κ3) is 4.50. The van der Waals surface area contributed by atoms with Gasteiger partial charge in [-0.1, -0.05) is 26.0 Å². The van der Waals surface area contributed by atoms with Crippen LogP contribution in [0.4, 0.5) is 5.69 Å². The Morgan fingerprint density at radius 1 is 0.933 bits per heavy atom. The van der Waals surface area contributed by atoms with Crippen LogP contribution in [0.25, 0.3) is 11.1 Å². The van der Waals surface area contributed by atoms with Gasteiger partial charge in [0.1, 0.15) is 12.1 Å². The molecule has 0 aliphatic heterocycles. The molecule has 0 fully saturated rings. The zero-order chi connectivity index (χ0) is 22.5. The number of benzene rings is 2. The molecule has 0 N–H and O–H groups in total. The third-order valence-corrected chi connectivity index (χ3v) is 6.78. The monoisotopic (exact) mass is 423 g/mol. The van der Waals surface area contributed by atoms with Crippen LogP contribution in [0.3, 0.4) is 0 Å². The van der Waals surface area contributed by atoms with Crippen molar-refractivity contribution in [1.82, 2.24) is 0 Å². The van der Waals surface area contributed by atoms with E-state index >= 15 is 0 Å². The fourth-order valence-electron chi connectivity index (χ4n) is 3.94. The van der Waals surface area contributed by atoms with Crippen LogP contribution in [-0.2, 0) is 9.84 Å². The first-order valence-electron chi connectivity index (χ1n) is 10.3. The zero-order valence-electron chi connectivity index (χ0n) is 18.4. The number of hydrogen-bond acceptors (Lipinski definition) is 5. The van der Waals surface area contributed by atoms with Gasteiger partial charge in [-0.3, -0.25) is 0 Å². The molecule has 30 heavy (non-hydrogen) atoms. The van der Waals surface area contributed by atoms with Crippen LogP contribution >= 0.6 is 0 Å². The number of nitrogens with zero attached hydrogens (tertiary/aromatic N) is 3. The van der Waals surface area contributed by atoms with Crippen LogP contribution in [0, 0.1) is 22.7 Å².